The Hall–Kier alpha value is -1.38. The number of rotatable bonds is 6. The topological polar surface area (TPSA) is 26.3 Å². The van der Waals surface area contributed by atoms with Crippen LogP contribution in [0.15, 0.2) is 12.1 Å². The van der Waals surface area contributed by atoms with Crippen molar-refractivity contribution in [2.45, 2.75) is 83.5 Å². The molecule has 1 aromatic rings. The van der Waals surface area contributed by atoms with Crippen molar-refractivity contribution < 1.29 is 13.9 Å². The molecule has 0 aromatic heterocycles. The molecule has 6 saturated carbocycles. The second-order valence-electron chi connectivity index (χ2n) is 12.7. The van der Waals surface area contributed by atoms with E-state index in [1.165, 1.54) is 38.5 Å². The normalized spacial score (nSPS) is 44.4. The van der Waals surface area contributed by atoms with E-state index in [9.17, 15) is 4.79 Å². The summed E-state index contributed by atoms with van der Waals surface area (Å²) in [4.78, 5) is 13.1. The lowest BCUT2D eigenvalue weighted by atomic mass is 9.55. The average Bonchev–Trinajstić information content (AvgIpc) is 3.41. The van der Waals surface area contributed by atoms with Crippen LogP contribution in [0.1, 0.15) is 99.4 Å². The minimum absolute atomic E-state index is 0.00101. The second-order valence-corrected chi connectivity index (χ2v) is 12.7. The zero-order chi connectivity index (χ0) is 21.0. The van der Waals surface area contributed by atoms with Gasteiger partial charge < -0.3 is 4.74 Å². The van der Waals surface area contributed by atoms with Crippen LogP contribution in [0.25, 0.3) is 0 Å². The highest BCUT2D eigenvalue weighted by atomic mass is 19.1. The van der Waals surface area contributed by atoms with Crippen molar-refractivity contribution in [2.24, 2.45) is 40.4 Å². The number of benzene rings is 1. The monoisotopic (exact) mass is 422 g/mol. The molecule has 31 heavy (non-hydrogen) atoms. The number of hydrogen-bond donors (Lipinski definition) is 0. The van der Waals surface area contributed by atoms with Gasteiger partial charge in [0.1, 0.15) is 11.6 Å². The molecule has 6 fully saturated rings. The van der Waals surface area contributed by atoms with Crippen LogP contribution in [0.4, 0.5) is 4.39 Å². The van der Waals surface area contributed by atoms with Gasteiger partial charge in [-0.2, -0.15) is 0 Å². The lowest BCUT2D eigenvalue weighted by molar-refractivity contribution is -0.00539. The predicted octanol–water partition coefficient (Wildman–Crippen LogP) is 6.92. The Labute approximate surface area is 185 Å². The van der Waals surface area contributed by atoms with Crippen LogP contribution < -0.4 is 4.74 Å². The van der Waals surface area contributed by atoms with E-state index in [2.05, 4.69) is 6.92 Å². The van der Waals surface area contributed by atoms with Gasteiger partial charge in [0.15, 0.2) is 5.78 Å². The van der Waals surface area contributed by atoms with Crippen molar-refractivity contribution in [3.05, 3.63) is 29.1 Å². The molecular weight excluding hydrogens is 387 g/mol. The highest BCUT2D eigenvalue weighted by molar-refractivity contribution is 5.98. The summed E-state index contributed by atoms with van der Waals surface area (Å²) >= 11 is 0. The molecule has 0 heterocycles. The molecule has 0 N–H and O–H groups in total. The van der Waals surface area contributed by atoms with Crippen LogP contribution >= 0.6 is 0 Å². The van der Waals surface area contributed by atoms with Crippen molar-refractivity contribution in [3.63, 3.8) is 0 Å². The molecule has 6 aliphatic carbocycles. The molecule has 3 bridgehead atoms. The third kappa shape index (κ3) is 2.77. The maximum Gasteiger partial charge on any atom is 0.168 e. The van der Waals surface area contributed by atoms with Crippen LogP contribution in [-0.4, -0.2) is 12.4 Å². The Bertz CT molecular complexity index is 947. The Balaban J connectivity index is 1.14. The first-order valence-electron chi connectivity index (χ1n) is 13.0. The fraction of sp³-hybridized carbons (Fsp3) is 0.750. The molecule has 0 amide bonds. The maximum atomic E-state index is 15.2. The zero-order valence-electron chi connectivity index (χ0n) is 18.8. The Morgan fingerprint density at radius 2 is 1.94 bits per heavy atom. The van der Waals surface area contributed by atoms with Gasteiger partial charge in [-0.25, -0.2) is 4.39 Å². The second kappa shape index (κ2) is 6.35. The summed E-state index contributed by atoms with van der Waals surface area (Å²) < 4.78 is 21.7. The quantitative estimate of drug-likeness (QED) is 0.465. The first kappa shape index (κ1) is 19.1. The van der Waals surface area contributed by atoms with Gasteiger partial charge in [-0.1, -0.05) is 6.92 Å². The van der Waals surface area contributed by atoms with Crippen LogP contribution in [0.2, 0.25) is 0 Å². The summed E-state index contributed by atoms with van der Waals surface area (Å²) in [7, 11) is 0. The van der Waals surface area contributed by atoms with Crippen LogP contribution in [-0.2, 0) is 0 Å². The van der Waals surface area contributed by atoms with E-state index >= 15 is 4.39 Å². The third-order valence-electron chi connectivity index (χ3n) is 10.6. The number of fused-ring (bicyclic) bond motifs is 2. The lowest BCUT2D eigenvalue weighted by Crippen LogP contribution is -2.42. The fourth-order valence-corrected chi connectivity index (χ4v) is 9.20. The number of ether oxygens (including phenoxy) is 1. The number of ketones is 1. The van der Waals surface area contributed by atoms with E-state index in [4.69, 9.17) is 4.74 Å². The highest BCUT2D eigenvalue weighted by Crippen LogP contribution is 2.78. The predicted molar refractivity (Wildman–Crippen MR) is 118 cm³/mol. The molecule has 7 rings (SSSR count). The van der Waals surface area contributed by atoms with E-state index in [1.54, 1.807) is 6.07 Å². The summed E-state index contributed by atoms with van der Waals surface area (Å²) in [5, 5.41) is 0. The number of carbonyl (C=O) groups excluding carboxylic acids is 1. The Kier molecular flexibility index (Phi) is 3.92. The van der Waals surface area contributed by atoms with E-state index in [0.717, 1.165) is 67.8 Å². The largest absolute Gasteiger partial charge is 0.493 e. The average molecular weight is 423 g/mol. The summed E-state index contributed by atoms with van der Waals surface area (Å²) in [5.41, 5.74) is 2.40. The van der Waals surface area contributed by atoms with Gasteiger partial charge >= 0.3 is 0 Å². The van der Waals surface area contributed by atoms with Crippen molar-refractivity contribution in [1.29, 1.82) is 0 Å². The summed E-state index contributed by atoms with van der Waals surface area (Å²) in [6, 6.07) is 3.45. The molecule has 6 unspecified atom stereocenters. The molecule has 7 atom stereocenters. The van der Waals surface area contributed by atoms with Gasteiger partial charge in [0.25, 0.3) is 0 Å². The smallest absolute Gasteiger partial charge is 0.168 e. The highest BCUT2D eigenvalue weighted by Gasteiger charge is 2.70. The van der Waals surface area contributed by atoms with Crippen molar-refractivity contribution >= 4 is 5.78 Å². The Morgan fingerprint density at radius 3 is 2.71 bits per heavy atom. The summed E-state index contributed by atoms with van der Waals surface area (Å²) in [6.45, 7) is 2.95. The SMILES string of the molecule is CC1CC[C@@H](C(=O)c2cc(C3CC3)c(OCC34CC5CC6CC(C3)C6(C5)C4)cc2F)C1. The standard InChI is InChI=1S/C28H35FO2/c1-16-2-3-19(6-16)26(30)23-9-22(18-4-5-18)25(10-24(23)29)31-15-27-11-17-7-20-8-21(13-27)28(20,12-17)14-27/h9-10,16-21H,2-8,11-15H2,1H3/t16?,17?,19-,20?,21?,27?,28?/m1/s1. The first-order chi connectivity index (χ1) is 14.9. The molecule has 166 valence electrons. The molecule has 0 aliphatic heterocycles. The number of hydrogen-bond acceptors (Lipinski definition) is 2. The van der Waals surface area contributed by atoms with E-state index in [-0.39, 0.29) is 17.5 Å². The van der Waals surface area contributed by atoms with Crippen molar-refractivity contribution in [1.82, 2.24) is 0 Å². The minimum Gasteiger partial charge on any atom is -0.493 e. The van der Waals surface area contributed by atoms with Crippen LogP contribution in [0, 0.1) is 46.2 Å². The maximum absolute atomic E-state index is 15.2. The molecule has 3 heteroatoms. The zero-order valence-corrected chi connectivity index (χ0v) is 18.8. The number of Topliss-reactive ketones (excluding diaryl/α,β-unsaturated/α-hetero) is 1. The molecular formula is C28H35FO2. The van der Waals surface area contributed by atoms with Crippen LogP contribution in [0.3, 0.4) is 0 Å². The van der Waals surface area contributed by atoms with Gasteiger partial charge in [-0.3, -0.25) is 4.79 Å². The minimum atomic E-state index is -0.365. The van der Waals surface area contributed by atoms with Crippen molar-refractivity contribution in [3.8, 4) is 5.75 Å². The summed E-state index contributed by atoms with van der Waals surface area (Å²) in [6.07, 6.45) is 13.6. The molecule has 2 nitrogen and oxygen atoms in total. The van der Waals surface area contributed by atoms with E-state index in [0.29, 0.717) is 28.2 Å². The van der Waals surface area contributed by atoms with Gasteiger partial charge in [-0.15, -0.1) is 0 Å². The van der Waals surface area contributed by atoms with Gasteiger partial charge in [-0.05, 0) is 117 Å². The molecule has 1 aromatic carbocycles. The van der Waals surface area contributed by atoms with Gasteiger partial charge in [0, 0.05) is 17.4 Å². The molecule has 0 saturated heterocycles. The van der Waals surface area contributed by atoms with Crippen LogP contribution in [0.5, 0.6) is 5.75 Å². The summed E-state index contributed by atoms with van der Waals surface area (Å²) in [5.74, 6) is 4.25. The molecule has 1 spiro atoms. The lowest BCUT2D eigenvalue weighted by Gasteiger charge is -2.49. The van der Waals surface area contributed by atoms with Crippen molar-refractivity contribution in [2.75, 3.05) is 6.61 Å². The number of carbonyl (C=O) groups is 1. The van der Waals surface area contributed by atoms with Gasteiger partial charge in [0.2, 0.25) is 0 Å². The van der Waals surface area contributed by atoms with E-state index < -0.39 is 0 Å². The Morgan fingerprint density at radius 1 is 1.06 bits per heavy atom. The molecule has 0 radical (unpaired) electrons. The van der Waals surface area contributed by atoms with Gasteiger partial charge in [0.05, 0.1) is 12.2 Å². The first-order valence-corrected chi connectivity index (χ1v) is 13.0. The van der Waals surface area contributed by atoms with E-state index in [1.807, 2.05) is 6.07 Å². The fourth-order valence-electron chi connectivity index (χ4n) is 9.20. The third-order valence-corrected chi connectivity index (χ3v) is 10.6. The molecule has 6 aliphatic rings. The number of halogens is 1.